The van der Waals surface area contributed by atoms with Gasteiger partial charge in [0.05, 0.1) is 5.37 Å². The molecule has 2 rings (SSSR count). The molecule has 0 aliphatic carbocycles. The Balaban J connectivity index is 2.08. The Morgan fingerprint density at radius 3 is 2.50 bits per heavy atom. The second kappa shape index (κ2) is 6.70. The van der Waals surface area contributed by atoms with E-state index in [4.69, 9.17) is 0 Å². The van der Waals surface area contributed by atoms with Crippen LogP contribution in [0.4, 0.5) is 4.79 Å². The summed E-state index contributed by atoms with van der Waals surface area (Å²) in [5.74, 6) is 0.291. The molecule has 2 fully saturated rings. The Morgan fingerprint density at radius 2 is 1.95 bits per heavy atom. The normalized spacial score (nSPS) is 27.9. The number of likely N-dealkylation sites (tertiary alicyclic amines) is 1. The average Bonchev–Trinajstić information content (AvgIpc) is 2.83. The van der Waals surface area contributed by atoms with Crippen LogP contribution in [0.2, 0.25) is 0 Å². The van der Waals surface area contributed by atoms with Gasteiger partial charge in [-0.3, -0.25) is 4.90 Å². The molecule has 0 saturated carbocycles. The van der Waals surface area contributed by atoms with E-state index in [1.54, 1.807) is 16.7 Å². The van der Waals surface area contributed by atoms with Gasteiger partial charge in [0.1, 0.15) is 6.04 Å². The lowest BCUT2D eigenvalue weighted by molar-refractivity contribution is -0.141. The molecule has 0 aromatic carbocycles. The highest BCUT2D eigenvalue weighted by Crippen LogP contribution is 2.33. The van der Waals surface area contributed by atoms with Crippen molar-refractivity contribution in [2.24, 2.45) is 5.92 Å². The fraction of sp³-hybridized carbons (Fsp3) is 0.857. The van der Waals surface area contributed by atoms with Crippen molar-refractivity contribution in [2.45, 2.75) is 50.9 Å². The van der Waals surface area contributed by atoms with E-state index in [-0.39, 0.29) is 11.4 Å². The predicted octanol–water partition coefficient (Wildman–Crippen LogP) is 2.47. The highest BCUT2D eigenvalue weighted by atomic mass is 32.2. The third kappa shape index (κ3) is 3.22. The van der Waals surface area contributed by atoms with E-state index in [0.717, 1.165) is 38.8 Å². The van der Waals surface area contributed by atoms with Crippen molar-refractivity contribution in [2.75, 3.05) is 18.8 Å². The van der Waals surface area contributed by atoms with Crippen LogP contribution >= 0.6 is 11.8 Å². The molecule has 0 spiro atoms. The monoisotopic (exact) mass is 300 g/mol. The van der Waals surface area contributed by atoms with Crippen LogP contribution in [-0.2, 0) is 4.79 Å². The highest BCUT2D eigenvalue weighted by molar-refractivity contribution is 8.00. The topological polar surface area (TPSA) is 60.9 Å². The summed E-state index contributed by atoms with van der Waals surface area (Å²) in [5.41, 5.74) is 0. The zero-order valence-electron chi connectivity index (χ0n) is 12.2. The fourth-order valence-electron chi connectivity index (χ4n) is 2.84. The van der Waals surface area contributed by atoms with E-state index in [1.165, 1.54) is 0 Å². The lowest BCUT2D eigenvalue weighted by Crippen LogP contribution is -2.53. The van der Waals surface area contributed by atoms with Crippen LogP contribution in [0.25, 0.3) is 0 Å². The van der Waals surface area contributed by atoms with Gasteiger partial charge < -0.3 is 10.0 Å². The Hall–Kier alpha value is -0.910. The van der Waals surface area contributed by atoms with Gasteiger partial charge in [-0.05, 0) is 25.2 Å². The molecule has 2 heterocycles. The number of hydrogen-bond donors (Lipinski definition) is 1. The number of urea groups is 1. The van der Waals surface area contributed by atoms with E-state index in [0.29, 0.717) is 11.7 Å². The first-order valence-electron chi connectivity index (χ1n) is 7.46. The Bertz CT molecular complexity index is 369. The summed E-state index contributed by atoms with van der Waals surface area (Å²) in [5, 5.41) is 9.35. The summed E-state index contributed by atoms with van der Waals surface area (Å²) in [6.07, 6.45) is 3.86. The highest BCUT2D eigenvalue weighted by Gasteiger charge is 2.43. The number of nitrogens with zero attached hydrogens (tertiary/aromatic N) is 2. The van der Waals surface area contributed by atoms with Crippen LogP contribution in [0.1, 0.15) is 39.5 Å². The van der Waals surface area contributed by atoms with Crippen molar-refractivity contribution in [3.8, 4) is 0 Å². The zero-order chi connectivity index (χ0) is 14.7. The molecular formula is C14H24N2O3S. The Kier molecular flexibility index (Phi) is 5.18. The smallest absolute Gasteiger partial charge is 0.327 e. The van der Waals surface area contributed by atoms with E-state index >= 15 is 0 Å². The van der Waals surface area contributed by atoms with E-state index in [9.17, 15) is 14.7 Å². The molecule has 20 heavy (non-hydrogen) atoms. The standard InChI is InChI=1S/C14H24N2O3S/c1-3-4-12-16(11(9-20-12)13(17)18)14(19)15-7-5-10(2)6-8-15/h10-12H,3-9H2,1-2H3,(H,17,18). The molecular weight excluding hydrogens is 276 g/mol. The molecule has 5 nitrogen and oxygen atoms in total. The summed E-state index contributed by atoms with van der Waals surface area (Å²) in [6.45, 7) is 5.78. The molecule has 114 valence electrons. The van der Waals surface area contributed by atoms with Crippen molar-refractivity contribution in [1.29, 1.82) is 0 Å². The van der Waals surface area contributed by atoms with Crippen molar-refractivity contribution < 1.29 is 14.7 Å². The summed E-state index contributed by atoms with van der Waals surface area (Å²) >= 11 is 1.60. The number of thioether (sulfide) groups is 1. The average molecular weight is 300 g/mol. The van der Waals surface area contributed by atoms with Crippen molar-refractivity contribution >= 4 is 23.8 Å². The second-order valence-corrected chi connectivity index (χ2v) is 7.00. The predicted molar refractivity (Wildman–Crippen MR) is 79.8 cm³/mol. The fourth-order valence-corrected chi connectivity index (χ4v) is 4.35. The Labute approximate surface area is 124 Å². The largest absolute Gasteiger partial charge is 0.480 e. The number of hydrogen-bond acceptors (Lipinski definition) is 3. The van der Waals surface area contributed by atoms with E-state index in [2.05, 4.69) is 13.8 Å². The number of amides is 2. The second-order valence-electron chi connectivity index (χ2n) is 5.79. The maximum atomic E-state index is 12.7. The van der Waals surface area contributed by atoms with Crippen LogP contribution in [0.3, 0.4) is 0 Å². The third-order valence-corrected chi connectivity index (χ3v) is 5.54. The van der Waals surface area contributed by atoms with Crippen molar-refractivity contribution in [3.05, 3.63) is 0 Å². The van der Waals surface area contributed by atoms with Crippen molar-refractivity contribution in [1.82, 2.24) is 9.80 Å². The van der Waals surface area contributed by atoms with Crippen LogP contribution < -0.4 is 0 Å². The molecule has 1 N–H and O–H groups in total. The molecule has 0 bridgehead atoms. The minimum Gasteiger partial charge on any atom is -0.480 e. The SMILES string of the molecule is CCCC1SCC(C(=O)O)N1C(=O)N1CCC(C)CC1. The first-order valence-corrected chi connectivity index (χ1v) is 8.51. The van der Waals surface area contributed by atoms with Gasteiger partial charge in [-0.1, -0.05) is 20.3 Å². The molecule has 6 heteroatoms. The summed E-state index contributed by atoms with van der Waals surface area (Å²) in [6, 6.07) is -0.740. The molecule has 2 aliphatic rings. The molecule has 2 atom stereocenters. The summed E-state index contributed by atoms with van der Waals surface area (Å²) < 4.78 is 0. The van der Waals surface area contributed by atoms with E-state index < -0.39 is 12.0 Å². The molecule has 0 aromatic heterocycles. The number of aliphatic carboxylic acids is 1. The lowest BCUT2D eigenvalue weighted by atomic mass is 9.99. The van der Waals surface area contributed by atoms with Gasteiger partial charge in [-0.2, -0.15) is 0 Å². The lowest BCUT2D eigenvalue weighted by Gasteiger charge is -2.36. The number of rotatable bonds is 3. The van der Waals surface area contributed by atoms with Gasteiger partial charge in [0.25, 0.3) is 0 Å². The van der Waals surface area contributed by atoms with Gasteiger partial charge in [0, 0.05) is 18.8 Å². The maximum Gasteiger partial charge on any atom is 0.327 e. The van der Waals surface area contributed by atoms with Crippen LogP contribution in [-0.4, -0.2) is 57.2 Å². The summed E-state index contributed by atoms with van der Waals surface area (Å²) in [4.78, 5) is 27.5. The van der Waals surface area contributed by atoms with Gasteiger partial charge in [-0.25, -0.2) is 9.59 Å². The number of piperidine rings is 1. The van der Waals surface area contributed by atoms with Gasteiger partial charge >= 0.3 is 12.0 Å². The molecule has 2 saturated heterocycles. The van der Waals surface area contributed by atoms with Gasteiger partial charge in [0.15, 0.2) is 0 Å². The van der Waals surface area contributed by atoms with Crippen molar-refractivity contribution in [3.63, 3.8) is 0 Å². The number of carbonyl (C=O) groups excluding carboxylic acids is 1. The van der Waals surface area contributed by atoms with Gasteiger partial charge in [0.2, 0.25) is 0 Å². The first kappa shape index (κ1) is 15.5. The van der Waals surface area contributed by atoms with Crippen LogP contribution in [0.5, 0.6) is 0 Å². The molecule has 2 aliphatic heterocycles. The van der Waals surface area contributed by atoms with Gasteiger partial charge in [-0.15, -0.1) is 11.8 Å². The Morgan fingerprint density at radius 1 is 1.30 bits per heavy atom. The minimum atomic E-state index is -0.880. The minimum absolute atomic E-state index is 0.0212. The number of carboxylic acids is 1. The zero-order valence-corrected chi connectivity index (χ0v) is 13.1. The van der Waals surface area contributed by atoms with Crippen LogP contribution in [0, 0.1) is 5.92 Å². The van der Waals surface area contributed by atoms with Crippen LogP contribution in [0.15, 0.2) is 0 Å². The summed E-state index contributed by atoms with van der Waals surface area (Å²) in [7, 11) is 0. The number of carbonyl (C=O) groups is 2. The molecule has 2 amide bonds. The molecule has 2 unspecified atom stereocenters. The van der Waals surface area contributed by atoms with E-state index in [1.807, 2.05) is 4.90 Å². The quantitative estimate of drug-likeness (QED) is 0.870. The molecule has 0 radical (unpaired) electrons. The third-order valence-electron chi connectivity index (χ3n) is 4.19. The number of carboxylic acid groups (broad SMARTS) is 1. The first-order chi connectivity index (χ1) is 9.54. The maximum absolute atomic E-state index is 12.7. The molecule has 0 aromatic rings.